The summed E-state index contributed by atoms with van der Waals surface area (Å²) in [6.45, 7) is 1.03. The summed E-state index contributed by atoms with van der Waals surface area (Å²) in [5, 5.41) is 2.94. The fourth-order valence-electron chi connectivity index (χ4n) is 4.30. The highest BCUT2D eigenvalue weighted by molar-refractivity contribution is 7.92. The Morgan fingerprint density at radius 3 is 2.27 bits per heavy atom. The predicted molar refractivity (Wildman–Crippen MR) is 154 cm³/mol. The Bertz CT molecular complexity index is 1530. The van der Waals surface area contributed by atoms with Crippen molar-refractivity contribution in [1.29, 1.82) is 0 Å². The third kappa shape index (κ3) is 6.67. The molecule has 0 bridgehead atoms. The predicted octanol–water partition coefficient (Wildman–Crippen LogP) is 3.67. The van der Waals surface area contributed by atoms with Gasteiger partial charge in [0.1, 0.15) is 12.3 Å². The maximum atomic E-state index is 14.0. The number of para-hydroxylation sites is 1. The molecule has 1 heterocycles. The number of benzene rings is 3. The number of amides is 2. The van der Waals surface area contributed by atoms with Crippen molar-refractivity contribution in [3.8, 4) is 17.2 Å². The van der Waals surface area contributed by atoms with Gasteiger partial charge in [-0.25, -0.2) is 8.42 Å². The summed E-state index contributed by atoms with van der Waals surface area (Å²) in [6, 6.07) is 15.1. The van der Waals surface area contributed by atoms with E-state index in [1.54, 1.807) is 35.2 Å². The molecule has 1 N–H and O–H groups in total. The fourth-order valence-corrected chi connectivity index (χ4v) is 5.90. The second-order valence-corrected chi connectivity index (χ2v) is 11.1. The molecule has 0 spiro atoms. The lowest BCUT2D eigenvalue weighted by Gasteiger charge is -2.28. The van der Waals surface area contributed by atoms with Gasteiger partial charge < -0.3 is 29.2 Å². The zero-order valence-corrected chi connectivity index (χ0v) is 24.3. The van der Waals surface area contributed by atoms with Crippen molar-refractivity contribution < 1.29 is 37.0 Å². The number of anilines is 2. The third-order valence-corrected chi connectivity index (χ3v) is 8.36. The topological polar surface area (TPSA) is 124 Å². The van der Waals surface area contributed by atoms with Gasteiger partial charge in [0, 0.05) is 24.2 Å². The lowest BCUT2D eigenvalue weighted by Crippen LogP contribution is -2.41. The van der Waals surface area contributed by atoms with E-state index in [0.29, 0.717) is 32.1 Å². The molecule has 0 radical (unpaired) electrons. The first-order valence-electron chi connectivity index (χ1n) is 12.5. The number of sulfonamides is 1. The Kier molecular flexibility index (Phi) is 9.58. The van der Waals surface area contributed by atoms with Gasteiger partial charge in [-0.15, -0.1) is 0 Å². The van der Waals surface area contributed by atoms with E-state index in [9.17, 15) is 18.0 Å². The molecule has 1 saturated heterocycles. The van der Waals surface area contributed by atoms with E-state index in [1.807, 2.05) is 0 Å². The van der Waals surface area contributed by atoms with Crippen LogP contribution >= 0.6 is 11.6 Å². The monoisotopic (exact) mass is 603 g/mol. The van der Waals surface area contributed by atoms with E-state index in [2.05, 4.69) is 5.32 Å². The zero-order valence-electron chi connectivity index (χ0n) is 22.8. The minimum Gasteiger partial charge on any atom is -0.495 e. The molecule has 2 amide bonds. The standard InChI is InChI=1S/C28H30ClN3O8S/c1-37-24-10-8-19(29)16-23(24)32(41(35,36)20-9-11-25(38-2)26(17-20)39-3)18-27(33)30-22-7-5-4-6-21(22)28(34)31-12-14-40-15-13-31/h4-11,16-17H,12-15,18H2,1-3H3,(H,30,33). The van der Waals surface area contributed by atoms with Crippen molar-refractivity contribution >= 4 is 44.8 Å². The van der Waals surface area contributed by atoms with Gasteiger partial charge in [-0.05, 0) is 42.5 Å². The van der Waals surface area contributed by atoms with Crippen molar-refractivity contribution in [2.24, 2.45) is 0 Å². The maximum Gasteiger partial charge on any atom is 0.265 e. The third-order valence-electron chi connectivity index (χ3n) is 6.37. The van der Waals surface area contributed by atoms with E-state index >= 15 is 0 Å². The van der Waals surface area contributed by atoms with Crippen LogP contribution in [-0.2, 0) is 19.6 Å². The Hall–Kier alpha value is -4.00. The Labute approximate surface area is 243 Å². The van der Waals surface area contributed by atoms with E-state index < -0.39 is 22.5 Å². The van der Waals surface area contributed by atoms with Crippen LogP contribution in [-0.4, -0.2) is 79.3 Å². The van der Waals surface area contributed by atoms with Gasteiger partial charge in [0.25, 0.3) is 15.9 Å². The number of nitrogens with zero attached hydrogens (tertiary/aromatic N) is 2. The van der Waals surface area contributed by atoms with Gasteiger partial charge in [0.2, 0.25) is 5.91 Å². The molecule has 0 unspecified atom stereocenters. The molecule has 41 heavy (non-hydrogen) atoms. The molecule has 1 fully saturated rings. The normalized spacial score (nSPS) is 13.3. The summed E-state index contributed by atoms with van der Waals surface area (Å²) in [7, 11) is -0.191. The van der Waals surface area contributed by atoms with Crippen LogP contribution in [0.4, 0.5) is 11.4 Å². The van der Waals surface area contributed by atoms with Crippen LogP contribution in [0.3, 0.4) is 0 Å². The number of rotatable bonds is 10. The first kappa shape index (κ1) is 30.0. The van der Waals surface area contributed by atoms with Crippen LogP contribution in [0.25, 0.3) is 0 Å². The molecule has 0 saturated carbocycles. The summed E-state index contributed by atoms with van der Waals surface area (Å²) >= 11 is 6.23. The lowest BCUT2D eigenvalue weighted by molar-refractivity contribution is -0.114. The molecule has 218 valence electrons. The second-order valence-electron chi connectivity index (χ2n) is 8.84. The lowest BCUT2D eigenvalue weighted by atomic mass is 10.1. The number of methoxy groups -OCH3 is 3. The smallest absolute Gasteiger partial charge is 0.265 e. The largest absolute Gasteiger partial charge is 0.495 e. The minimum absolute atomic E-state index is 0.0441. The number of ether oxygens (including phenoxy) is 4. The van der Waals surface area contributed by atoms with Crippen molar-refractivity contribution in [3.63, 3.8) is 0 Å². The van der Waals surface area contributed by atoms with Crippen LogP contribution in [0.15, 0.2) is 65.6 Å². The van der Waals surface area contributed by atoms with Gasteiger partial charge in [0.15, 0.2) is 11.5 Å². The molecule has 3 aromatic rings. The van der Waals surface area contributed by atoms with Crippen molar-refractivity contribution in [2.75, 3.05) is 63.8 Å². The molecule has 0 aliphatic carbocycles. The first-order chi connectivity index (χ1) is 19.7. The molecule has 3 aromatic carbocycles. The summed E-state index contributed by atoms with van der Waals surface area (Å²) in [5.74, 6) is -0.271. The molecular formula is C28H30ClN3O8S. The van der Waals surface area contributed by atoms with E-state index in [1.165, 1.54) is 51.7 Å². The van der Waals surface area contributed by atoms with Gasteiger partial charge >= 0.3 is 0 Å². The molecular weight excluding hydrogens is 574 g/mol. The van der Waals surface area contributed by atoms with Gasteiger partial charge in [-0.3, -0.25) is 13.9 Å². The molecule has 0 atom stereocenters. The highest BCUT2D eigenvalue weighted by Gasteiger charge is 2.31. The molecule has 0 aromatic heterocycles. The molecule has 13 heteroatoms. The fraction of sp³-hybridized carbons (Fsp3) is 0.286. The van der Waals surface area contributed by atoms with Crippen molar-refractivity contribution in [1.82, 2.24) is 4.90 Å². The Morgan fingerprint density at radius 2 is 1.59 bits per heavy atom. The van der Waals surface area contributed by atoms with Crippen LogP contribution < -0.4 is 23.8 Å². The van der Waals surface area contributed by atoms with Gasteiger partial charge in [-0.1, -0.05) is 23.7 Å². The van der Waals surface area contributed by atoms with Crippen molar-refractivity contribution in [2.45, 2.75) is 4.90 Å². The van der Waals surface area contributed by atoms with E-state index in [-0.39, 0.29) is 44.3 Å². The highest BCUT2D eigenvalue weighted by atomic mass is 35.5. The molecule has 11 nitrogen and oxygen atoms in total. The Balaban J connectivity index is 1.71. The minimum atomic E-state index is -4.38. The van der Waals surface area contributed by atoms with E-state index in [4.69, 9.17) is 30.5 Å². The summed E-state index contributed by atoms with van der Waals surface area (Å²) in [4.78, 5) is 28.1. The number of carbonyl (C=O) groups excluding carboxylic acids is 2. The van der Waals surface area contributed by atoms with Crippen LogP contribution in [0.5, 0.6) is 17.2 Å². The van der Waals surface area contributed by atoms with Gasteiger partial charge in [0.05, 0.1) is 56.4 Å². The average molecular weight is 604 g/mol. The van der Waals surface area contributed by atoms with Crippen LogP contribution in [0.1, 0.15) is 10.4 Å². The highest BCUT2D eigenvalue weighted by Crippen LogP contribution is 2.37. The first-order valence-corrected chi connectivity index (χ1v) is 14.4. The van der Waals surface area contributed by atoms with Gasteiger partial charge in [-0.2, -0.15) is 0 Å². The summed E-state index contributed by atoms with van der Waals surface area (Å²) in [6.07, 6.45) is 0. The van der Waals surface area contributed by atoms with Crippen LogP contribution in [0.2, 0.25) is 5.02 Å². The summed E-state index contributed by atoms with van der Waals surface area (Å²) in [5.41, 5.74) is 0.565. The number of nitrogens with one attached hydrogen (secondary N) is 1. The number of hydrogen-bond acceptors (Lipinski definition) is 8. The molecule has 4 rings (SSSR count). The number of carbonyl (C=O) groups is 2. The average Bonchev–Trinajstić information content (AvgIpc) is 2.99. The SMILES string of the molecule is COc1ccc(S(=O)(=O)N(CC(=O)Nc2ccccc2C(=O)N2CCOCC2)c2cc(Cl)ccc2OC)cc1OC. The second kappa shape index (κ2) is 13.1. The molecule has 1 aliphatic rings. The number of halogens is 1. The molecule has 1 aliphatic heterocycles. The van der Waals surface area contributed by atoms with Crippen molar-refractivity contribution in [3.05, 3.63) is 71.2 Å². The van der Waals surface area contributed by atoms with Crippen LogP contribution in [0, 0.1) is 0 Å². The zero-order chi connectivity index (χ0) is 29.6. The Morgan fingerprint density at radius 1 is 0.927 bits per heavy atom. The van der Waals surface area contributed by atoms with E-state index in [0.717, 1.165) is 4.31 Å². The number of morpholine rings is 1. The maximum absolute atomic E-state index is 14.0. The quantitative estimate of drug-likeness (QED) is 0.372. The number of hydrogen-bond donors (Lipinski definition) is 1. The summed E-state index contributed by atoms with van der Waals surface area (Å²) < 4.78 is 50.2.